The van der Waals surface area contributed by atoms with Crippen LogP contribution in [0.15, 0.2) is 52.9 Å². The average molecular weight is 421 g/mol. The van der Waals surface area contributed by atoms with Gasteiger partial charge in [-0.25, -0.2) is 4.99 Å². The molecule has 0 bridgehead atoms. The first-order valence-electron chi connectivity index (χ1n) is 10.7. The Balaban J connectivity index is 2.13. The van der Waals surface area contributed by atoms with Crippen molar-refractivity contribution in [2.45, 2.75) is 54.4 Å². The maximum atomic E-state index is 4.68. The van der Waals surface area contributed by atoms with Crippen molar-refractivity contribution < 1.29 is 0 Å². The van der Waals surface area contributed by atoms with Crippen LogP contribution < -0.4 is 0 Å². The average Bonchev–Trinajstić information content (AvgIpc) is 2.73. The van der Waals surface area contributed by atoms with Crippen molar-refractivity contribution in [1.82, 2.24) is 4.90 Å². The lowest BCUT2D eigenvalue weighted by Gasteiger charge is -2.14. The minimum Gasteiger partial charge on any atom is -0.366 e. The Bertz CT molecular complexity index is 954. The van der Waals surface area contributed by atoms with Gasteiger partial charge in [0.25, 0.3) is 0 Å². The van der Waals surface area contributed by atoms with Crippen LogP contribution in [0.5, 0.6) is 0 Å². The molecule has 2 nitrogen and oxygen atoms in total. The van der Waals surface area contributed by atoms with Crippen LogP contribution in [-0.2, 0) is 12.8 Å². The number of thioether (sulfide) groups is 1. The van der Waals surface area contributed by atoms with E-state index >= 15 is 0 Å². The normalized spacial score (nSPS) is 11.9. The van der Waals surface area contributed by atoms with Gasteiger partial charge in [0.2, 0.25) is 0 Å². The molecule has 0 spiro atoms. The van der Waals surface area contributed by atoms with Crippen LogP contribution in [0.3, 0.4) is 0 Å². The van der Waals surface area contributed by atoms with Gasteiger partial charge in [0, 0.05) is 18.5 Å². The minimum atomic E-state index is 0.954. The largest absolute Gasteiger partial charge is 0.366 e. The summed E-state index contributed by atoms with van der Waals surface area (Å²) in [5, 5.41) is 2.24. The standard InChI is InChI=1S/C27H36N2S/c1-9-24-16-27(28-18-29(8)10-2)22(6)15-26(24)13-19(3)17-30-23(7)25-12-11-20(4)21(5)14-25/h11-12,14-18H,7,9-10,13H2,1-6,8H3/b19-17+,28-18?. The van der Waals surface area contributed by atoms with E-state index in [1.807, 2.05) is 13.4 Å². The molecule has 0 saturated carbocycles. The van der Waals surface area contributed by atoms with Crippen molar-refractivity contribution in [3.63, 3.8) is 0 Å². The Kier molecular flexibility index (Phi) is 8.98. The number of allylic oxidation sites excluding steroid dienone is 1. The van der Waals surface area contributed by atoms with E-state index in [1.165, 1.54) is 39.0 Å². The summed E-state index contributed by atoms with van der Waals surface area (Å²) in [5.41, 5.74) is 10.2. The number of aliphatic imine (C=N–C) groups is 1. The summed E-state index contributed by atoms with van der Waals surface area (Å²) in [6.45, 7) is 18.2. The van der Waals surface area contributed by atoms with E-state index in [-0.39, 0.29) is 0 Å². The van der Waals surface area contributed by atoms with Gasteiger partial charge in [0.15, 0.2) is 0 Å². The summed E-state index contributed by atoms with van der Waals surface area (Å²) >= 11 is 1.72. The van der Waals surface area contributed by atoms with Gasteiger partial charge in [-0.05, 0) is 92.3 Å². The predicted molar refractivity (Wildman–Crippen MR) is 137 cm³/mol. The van der Waals surface area contributed by atoms with Crippen LogP contribution in [0.1, 0.15) is 54.2 Å². The van der Waals surface area contributed by atoms with Gasteiger partial charge in [-0.1, -0.05) is 55.1 Å². The zero-order valence-electron chi connectivity index (χ0n) is 19.7. The van der Waals surface area contributed by atoms with Gasteiger partial charge >= 0.3 is 0 Å². The summed E-state index contributed by atoms with van der Waals surface area (Å²) in [6.07, 6.45) is 3.88. The molecule has 0 aliphatic rings. The second-order valence-electron chi connectivity index (χ2n) is 8.06. The fraction of sp³-hybridized carbons (Fsp3) is 0.370. The lowest BCUT2D eigenvalue weighted by Crippen LogP contribution is -2.14. The fourth-order valence-corrected chi connectivity index (χ4v) is 3.86. The van der Waals surface area contributed by atoms with Gasteiger partial charge in [0.05, 0.1) is 12.0 Å². The highest BCUT2D eigenvalue weighted by molar-refractivity contribution is 8.10. The molecular formula is C27H36N2S. The third-order valence-corrected chi connectivity index (χ3v) is 6.53. The van der Waals surface area contributed by atoms with E-state index in [9.17, 15) is 0 Å². The smallest absolute Gasteiger partial charge is 0.0909 e. The van der Waals surface area contributed by atoms with Gasteiger partial charge in [-0.15, -0.1) is 0 Å². The summed E-state index contributed by atoms with van der Waals surface area (Å²) < 4.78 is 0. The van der Waals surface area contributed by atoms with Crippen molar-refractivity contribution in [1.29, 1.82) is 0 Å². The molecule has 0 aliphatic carbocycles. The number of aryl methyl sites for hydroxylation is 4. The molecule has 160 valence electrons. The Labute approximate surface area is 187 Å². The highest BCUT2D eigenvalue weighted by atomic mass is 32.2. The summed E-state index contributed by atoms with van der Waals surface area (Å²) in [7, 11) is 2.05. The zero-order valence-corrected chi connectivity index (χ0v) is 20.5. The van der Waals surface area contributed by atoms with Gasteiger partial charge in [-0.3, -0.25) is 0 Å². The van der Waals surface area contributed by atoms with Gasteiger partial charge < -0.3 is 4.90 Å². The van der Waals surface area contributed by atoms with Crippen molar-refractivity contribution in [2.75, 3.05) is 13.6 Å². The van der Waals surface area contributed by atoms with Crippen LogP contribution in [0.25, 0.3) is 4.91 Å². The van der Waals surface area contributed by atoms with Gasteiger partial charge in [-0.2, -0.15) is 0 Å². The number of rotatable bonds is 9. The van der Waals surface area contributed by atoms with E-state index in [4.69, 9.17) is 0 Å². The van der Waals surface area contributed by atoms with Crippen LogP contribution in [0.4, 0.5) is 5.69 Å². The second-order valence-corrected chi connectivity index (χ2v) is 9.02. The molecule has 30 heavy (non-hydrogen) atoms. The molecule has 2 aromatic carbocycles. The predicted octanol–water partition coefficient (Wildman–Crippen LogP) is 7.64. The van der Waals surface area contributed by atoms with E-state index < -0.39 is 0 Å². The van der Waals surface area contributed by atoms with E-state index in [1.54, 1.807) is 11.8 Å². The van der Waals surface area contributed by atoms with Crippen LogP contribution in [-0.4, -0.2) is 24.8 Å². The topological polar surface area (TPSA) is 15.6 Å². The quantitative estimate of drug-likeness (QED) is 0.306. The fourth-order valence-electron chi connectivity index (χ4n) is 3.17. The molecule has 0 saturated heterocycles. The molecule has 0 aliphatic heterocycles. The molecular weight excluding hydrogens is 384 g/mol. The van der Waals surface area contributed by atoms with E-state index in [0.717, 1.165) is 30.0 Å². The van der Waals surface area contributed by atoms with Crippen molar-refractivity contribution in [3.8, 4) is 0 Å². The lowest BCUT2D eigenvalue weighted by atomic mass is 9.96. The first-order valence-corrected chi connectivity index (χ1v) is 11.6. The van der Waals surface area contributed by atoms with Crippen molar-refractivity contribution in [3.05, 3.63) is 81.3 Å². The van der Waals surface area contributed by atoms with Gasteiger partial charge in [0.1, 0.15) is 0 Å². The first-order chi connectivity index (χ1) is 14.2. The maximum Gasteiger partial charge on any atom is 0.0909 e. The summed E-state index contributed by atoms with van der Waals surface area (Å²) in [5.74, 6) is 0. The molecule has 3 heteroatoms. The number of hydrogen-bond acceptors (Lipinski definition) is 2. The summed E-state index contributed by atoms with van der Waals surface area (Å²) in [6, 6.07) is 11.1. The minimum absolute atomic E-state index is 0.954. The molecule has 0 fully saturated rings. The molecule has 0 heterocycles. The second kappa shape index (κ2) is 11.2. The Morgan fingerprint density at radius 1 is 1.03 bits per heavy atom. The highest BCUT2D eigenvalue weighted by Gasteiger charge is 2.08. The molecule has 0 aromatic heterocycles. The van der Waals surface area contributed by atoms with Crippen LogP contribution >= 0.6 is 11.8 Å². The van der Waals surface area contributed by atoms with Crippen molar-refractivity contribution >= 4 is 28.7 Å². The SMILES string of the molecule is C=C(S/C=C(\C)Cc1cc(C)c(N=CN(C)CC)cc1CC)c1ccc(C)c(C)c1. The molecule has 2 aromatic rings. The number of benzene rings is 2. The highest BCUT2D eigenvalue weighted by Crippen LogP contribution is 2.30. The zero-order chi connectivity index (χ0) is 22.3. The maximum absolute atomic E-state index is 4.68. The third-order valence-electron chi connectivity index (χ3n) is 5.49. The molecule has 0 unspecified atom stereocenters. The molecule has 0 N–H and O–H groups in total. The van der Waals surface area contributed by atoms with Crippen molar-refractivity contribution in [2.24, 2.45) is 4.99 Å². The Hall–Kier alpha value is -2.26. The Morgan fingerprint density at radius 2 is 1.77 bits per heavy atom. The molecule has 0 atom stereocenters. The number of hydrogen-bond donors (Lipinski definition) is 0. The summed E-state index contributed by atoms with van der Waals surface area (Å²) in [4.78, 5) is 7.86. The van der Waals surface area contributed by atoms with E-state index in [2.05, 4.69) is 93.8 Å². The third kappa shape index (κ3) is 6.63. The monoisotopic (exact) mass is 420 g/mol. The molecule has 2 rings (SSSR count). The van der Waals surface area contributed by atoms with Crippen LogP contribution in [0, 0.1) is 20.8 Å². The first kappa shape index (κ1) is 24.0. The lowest BCUT2D eigenvalue weighted by molar-refractivity contribution is 0.552. The molecule has 0 radical (unpaired) electrons. The van der Waals surface area contributed by atoms with E-state index in [0.29, 0.717) is 0 Å². The molecule has 0 amide bonds. The van der Waals surface area contributed by atoms with Crippen LogP contribution in [0.2, 0.25) is 0 Å². The Morgan fingerprint density at radius 3 is 2.40 bits per heavy atom. The number of nitrogens with zero attached hydrogens (tertiary/aromatic N) is 2.